The minimum absolute atomic E-state index is 0.0399. The molecule has 0 spiro atoms. The Hall–Kier alpha value is -1.76. The van der Waals surface area contributed by atoms with Crippen molar-refractivity contribution in [3.8, 4) is 5.75 Å². The van der Waals surface area contributed by atoms with Crippen LogP contribution in [0.3, 0.4) is 0 Å². The first-order valence-corrected chi connectivity index (χ1v) is 6.76. The van der Waals surface area contributed by atoms with Crippen molar-refractivity contribution in [2.24, 2.45) is 0 Å². The second-order valence-corrected chi connectivity index (χ2v) is 4.89. The van der Waals surface area contributed by atoms with Gasteiger partial charge in [-0.2, -0.15) is 0 Å². The minimum atomic E-state index is -4.67. The van der Waals surface area contributed by atoms with Crippen molar-refractivity contribution >= 4 is 5.91 Å². The fourth-order valence-corrected chi connectivity index (χ4v) is 2.22. The van der Waals surface area contributed by atoms with Gasteiger partial charge in [-0.05, 0) is 24.1 Å². The molecular weight excluding hydrogens is 285 g/mol. The van der Waals surface area contributed by atoms with E-state index < -0.39 is 6.36 Å². The molecule has 7 heteroatoms. The van der Waals surface area contributed by atoms with Gasteiger partial charge in [0.15, 0.2) is 0 Å². The average molecular weight is 302 g/mol. The van der Waals surface area contributed by atoms with Crippen LogP contribution in [0.15, 0.2) is 24.3 Å². The number of hydrogen-bond donors (Lipinski definition) is 1. The molecule has 1 aromatic rings. The Morgan fingerprint density at radius 1 is 1.29 bits per heavy atom. The van der Waals surface area contributed by atoms with Crippen molar-refractivity contribution < 1.29 is 22.7 Å². The maximum absolute atomic E-state index is 12.2. The molecule has 1 aliphatic heterocycles. The zero-order chi connectivity index (χ0) is 15.3. The third-order valence-electron chi connectivity index (χ3n) is 3.25. The van der Waals surface area contributed by atoms with Crippen LogP contribution in [-0.4, -0.2) is 43.3 Å². The summed E-state index contributed by atoms with van der Waals surface area (Å²) < 4.78 is 40.4. The lowest BCUT2D eigenvalue weighted by molar-refractivity contribution is -0.274. The highest BCUT2D eigenvalue weighted by molar-refractivity contribution is 5.76. The largest absolute Gasteiger partial charge is 0.573 e. The molecule has 1 N–H and O–H groups in total. The quantitative estimate of drug-likeness (QED) is 0.924. The van der Waals surface area contributed by atoms with Crippen LogP contribution >= 0.6 is 0 Å². The minimum Gasteiger partial charge on any atom is -0.406 e. The highest BCUT2D eigenvalue weighted by atomic mass is 19.4. The molecule has 1 saturated heterocycles. The molecule has 2 rings (SSSR count). The maximum atomic E-state index is 12.2. The first-order valence-electron chi connectivity index (χ1n) is 6.76. The molecule has 0 unspecified atom stereocenters. The normalized spacial score (nSPS) is 17.2. The first kappa shape index (κ1) is 15.6. The number of nitrogens with zero attached hydrogens (tertiary/aromatic N) is 1. The summed E-state index contributed by atoms with van der Waals surface area (Å²) in [6.45, 7) is 2.73. The van der Waals surface area contributed by atoms with Gasteiger partial charge in [-0.15, -0.1) is 13.2 Å². The van der Waals surface area contributed by atoms with E-state index in [1.165, 1.54) is 12.1 Å². The van der Waals surface area contributed by atoms with Crippen molar-refractivity contribution in [3.63, 3.8) is 0 Å². The van der Waals surface area contributed by atoms with Gasteiger partial charge in [0.1, 0.15) is 5.75 Å². The Kier molecular flexibility index (Phi) is 5.06. The second-order valence-electron chi connectivity index (χ2n) is 4.89. The summed E-state index contributed by atoms with van der Waals surface area (Å²) >= 11 is 0. The smallest absolute Gasteiger partial charge is 0.406 e. The first-order chi connectivity index (χ1) is 9.92. The Morgan fingerprint density at radius 3 is 2.86 bits per heavy atom. The lowest BCUT2D eigenvalue weighted by Crippen LogP contribution is -2.30. The van der Waals surface area contributed by atoms with E-state index in [9.17, 15) is 18.0 Å². The fraction of sp³-hybridized carbons (Fsp3) is 0.500. The number of nitrogens with one attached hydrogen (secondary N) is 1. The molecule has 0 saturated carbocycles. The van der Waals surface area contributed by atoms with Gasteiger partial charge >= 0.3 is 6.36 Å². The van der Waals surface area contributed by atoms with E-state index in [4.69, 9.17) is 0 Å². The van der Waals surface area contributed by atoms with Gasteiger partial charge < -0.3 is 15.0 Å². The van der Waals surface area contributed by atoms with E-state index in [1.54, 1.807) is 12.1 Å². The molecule has 4 nitrogen and oxygen atoms in total. The van der Waals surface area contributed by atoms with Gasteiger partial charge in [0.2, 0.25) is 5.91 Å². The van der Waals surface area contributed by atoms with Crippen LogP contribution in [0, 0.1) is 0 Å². The van der Waals surface area contributed by atoms with Crippen molar-refractivity contribution in [3.05, 3.63) is 29.8 Å². The molecule has 0 aliphatic carbocycles. The number of halogens is 3. The Bertz CT molecular complexity index is 491. The molecule has 1 heterocycles. The van der Waals surface area contributed by atoms with Gasteiger partial charge in [0, 0.05) is 32.6 Å². The zero-order valence-electron chi connectivity index (χ0n) is 11.4. The third-order valence-corrected chi connectivity index (χ3v) is 3.25. The van der Waals surface area contributed by atoms with E-state index in [2.05, 4.69) is 15.0 Å². The van der Waals surface area contributed by atoms with Crippen LogP contribution in [0.25, 0.3) is 0 Å². The molecule has 0 radical (unpaired) electrons. The predicted octanol–water partition coefficient (Wildman–Crippen LogP) is 1.95. The van der Waals surface area contributed by atoms with E-state index in [1.807, 2.05) is 0 Å². The molecule has 21 heavy (non-hydrogen) atoms. The Balaban J connectivity index is 1.88. The Labute approximate surface area is 120 Å². The van der Waals surface area contributed by atoms with Crippen LogP contribution in [-0.2, 0) is 11.2 Å². The molecule has 1 aliphatic rings. The fourth-order valence-electron chi connectivity index (χ4n) is 2.22. The van der Waals surface area contributed by atoms with Gasteiger partial charge in [-0.1, -0.05) is 12.1 Å². The standard InChI is InChI=1S/C14H17F3N2O2/c15-14(16,17)21-12-3-1-2-11(10-12)4-7-19-8-5-13(20)18-6-9-19/h1-3,10H,4-9H2,(H,18,20). The topological polar surface area (TPSA) is 41.6 Å². The van der Waals surface area contributed by atoms with E-state index in [-0.39, 0.29) is 11.7 Å². The van der Waals surface area contributed by atoms with E-state index >= 15 is 0 Å². The number of rotatable bonds is 4. The van der Waals surface area contributed by atoms with Gasteiger partial charge in [-0.25, -0.2) is 0 Å². The predicted molar refractivity (Wildman–Crippen MR) is 70.9 cm³/mol. The van der Waals surface area contributed by atoms with E-state index in [0.29, 0.717) is 32.5 Å². The third kappa shape index (κ3) is 5.63. The molecule has 1 amide bonds. The summed E-state index contributed by atoms with van der Waals surface area (Å²) in [5.41, 5.74) is 0.778. The maximum Gasteiger partial charge on any atom is 0.573 e. The molecule has 0 atom stereocenters. The van der Waals surface area contributed by atoms with Crippen molar-refractivity contribution in [1.82, 2.24) is 10.2 Å². The molecule has 116 valence electrons. The summed E-state index contributed by atoms with van der Waals surface area (Å²) in [6.07, 6.45) is -3.60. The lowest BCUT2D eigenvalue weighted by Gasteiger charge is -2.19. The molecule has 0 aromatic heterocycles. The van der Waals surface area contributed by atoms with Gasteiger partial charge in [-0.3, -0.25) is 4.79 Å². The van der Waals surface area contributed by atoms with Gasteiger partial charge in [0.25, 0.3) is 0 Å². The van der Waals surface area contributed by atoms with Crippen LogP contribution in [0.5, 0.6) is 5.75 Å². The van der Waals surface area contributed by atoms with Gasteiger partial charge in [0.05, 0.1) is 0 Å². The second kappa shape index (κ2) is 6.80. The summed E-state index contributed by atoms with van der Waals surface area (Å²) in [6, 6.07) is 5.99. The lowest BCUT2D eigenvalue weighted by atomic mass is 10.1. The number of hydrogen-bond acceptors (Lipinski definition) is 3. The molecule has 1 aromatic carbocycles. The monoisotopic (exact) mass is 302 g/mol. The van der Waals surface area contributed by atoms with Crippen LogP contribution in [0.1, 0.15) is 12.0 Å². The zero-order valence-corrected chi connectivity index (χ0v) is 11.4. The summed E-state index contributed by atoms with van der Waals surface area (Å²) in [4.78, 5) is 13.3. The van der Waals surface area contributed by atoms with Crippen molar-refractivity contribution in [2.45, 2.75) is 19.2 Å². The number of amides is 1. The van der Waals surface area contributed by atoms with Crippen molar-refractivity contribution in [1.29, 1.82) is 0 Å². The number of ether oxygens (including phenoxy) is 1. The van der Waals surface area contributed by atoms with E-state index in [0.717, 1.165) is 12.1 Å². The number of benzene rings is 1. The van der Waals surface area contributed by atoms with Crippen LogP contribution in [0.2, 0.25) is 0 Å². The highest BCUT2D eigenvalue weighted by Gasteiger charge is 2.31. The number of carbonyl (C=O) groups excluding carboxylic acids is 1. The molecule has 1 fully saturated rings. The number of carbonyl (C=O) groups is 1. The molecular formula is C14H17F3N2O2. The summed E-state index contributed by atoms with van der Waals surface area (Å²) in [5.74, 6) is -0.161. The Morgan fingerprint density at radius 2 is 2.10 bits per heavy atom. The SMILES string of the molecule is O=C1CCN(CCc2cccc(OC(F)(F)F)c2)CCN1. The summed E-state index contributed by atoms with van der Waals surface area (Å²) in [7, 11) is 0. The summed E-state index contributed by atoms with van der Waals surface area (Å²) in [5, 5.41) is 2.78. The number of alkyl halides is 3. The van der Waals surface area contributed by atoms with Crippen LogP contribution in [0.4, 0.5) is 13.2 Å². The highest BCUT2D eigenvalue weighted by Crippen LogP contribution is 2.23. The van der Waals surface area contributed by atoms with Crippen LogP contribution < -0.4 is 10.1 Å². The van der Waals surface area contributed by atoms with Crippen molar-refractivity contribution in [2.75, 3.05) is 26.2 Å². The average Bonchev–Trinajstić information content (AvgIpc) is 2.60. The molecule has 0 bridgehead atoms.